The number of halogens is 1. The number of amides is 1. The summed E-state index contributed by atoms with van der Waals surface area (Å²) in [7, 11) is 0. The van der Waals surface area contributed by atoms with E-state index in [4.69, 9.17) is 9.47 Å². The number of anilines is 1. The predicted octanol–water partition coefficient (Wildman–Crippen LogP) is 2.47. The monoisotopic (exact) mass is 380 g/mol. The van der Waals surface area contributed by atoms with Crippen LogP contribution in [0.25, 0.3) is 0 Å². The summed E-state index contributed by atoms with van der Waals surface area (Å²) in [5, 5.41) is 0. The van der Waals surface area contributed by atoms with Gasteiger partial charge in [-0.05, 0) is 31.4 Å². The van der Waals surface area contributed by atoms with E-state index < -0.39 is 12.1 Å². The first-order valence-electron chi connectivity index (χ1n) is 9.44. The van der Waals surface area contributed by atoms with E-state index in [9.17, 15) is 14.0 Å². The fourth-order valence-corrected chi connectivity index (χ4v) is 2.80. The van der Waals surface area contributed by atoms with Gasteiger partial charge in [-0.15, -0.1) is 0 Å². The normalized spacial score (nSPS) is 15.7. The van der Waals surface area contributed by atoms with Crippen molar-refractivity contribution in [3.8, 4) is 0 Å². The smallest absolute Gasteiger partial charge is 0.335 e. The molecule has 0 aromatic heterocycles. The molecule has 6 nitrogen and oxygen atoms in total. The number of rotatable bonds is 8. The highest BCUT2D eigenvalue weighted by Gasteiger charge is 2.24. The lowest BCUT2D eigenvalue weighted by atomic mass is 10.1. The van der Waals surface area contributed by atoms with Gasteiger partial charge in [-0.1, -0.05) is 26.0 Å². The summed E-state index contributed by atoms with van der Waals surface area (Å²) < 4.78 is 24.4. The molecule has 1 aromatic carbocycles. The lowest BCUT2D eigenvalue weighted by Crippen LogP contribution is -2.50. The Balaban J connectivity index is 1.71. The van der Waals surface area contributed by atoms with Gasteiger partial charge in [0, 0.05) is 32.8 Å². The van der Waals surface area contributed by atoms with Crippen LogP contribution in [0.5, 0.6) is 0 Å². The second kappa shape index (κ2) is 10.3. The highest BCUT2D eigenvalue weighted by Crippen LogP contribution is 2.20. The Labute approximate surface area is 160 Å². The van der Waals surface area contributed by atoms with Crippen molar-refractivity contribution in [3.05, 3.63) is 30.1 Å². The van der Waals surface area contributed by atoms with Crippen LogP contribution in [-0.2, 0) is 19.1 Å². The number of benzene rings is 1. The van der Waals surface area contributed by atoms with Gasteiger partial charge in [0.25, 0.3) is 5.91 Å². The molecule has 0 N–H and O–H groups in total. The van der Waals surface area contributed by atoms with Gasteiger partial charge >= 0.3 is 5.97 Å². The van der Waals surface area contributed by atoms with Crippen LogP contribution in [0.2, 0.25) is 0 Å². The molecule has 1 heterocycles. The molecule has 2 rings (SSSR count). The molecule has 1 amide bonds. The predicted molar refractivity (Wildman–Crippen MR) is 101 cm³/mol. The van der Waals surface area contributed by atoms with Crippen molar-refractivity contribution in [3.63, 3.8) is 0 Å². The minimum atomic E-state index is -0.686. The third-order valence-corrected chi connectivity index (χ3v) is 4.56. The van der Waals surface area contributed by atoms with Crippen molar-refractivity contribution < 1.29 is 23.5 Å². The quantitative estimate of drug-likeness (QED) is 0.649. The van der Waals surface area contributed by atoms with Crippen molar-refractivity contribution in [1.82, 2.24) is 4.90 Å². The zero-order chi connectivity index (χ0) is 19.8. The molecule has 1 aliphatic rings. The zero-order valence-corrected chi connectivity index (χ0v) is 16.3. The van der Waals surface area contributed by atoms with Crippen LogP contribution in [0.15, 0.2) is 24.3 Å². The molecule has 7 heteroatoms. The molecular weight excluding hydrogens is 351 g/mol. The van der Waals surface area contributed by atoms with Crippen LogP contribution in [0.4, 0.5) is 10.1 Å². The first kappa shape index (κ1) is 21.2. The molecule has 1 fully saturated rings. The average Bonchev–Trinajstić information content (AvgIpc) is 2.66. The van der Waals surface area contributed by atoms with Gasteiger partial charge in [0.15, 0.2) is 12.7 Å². The number of para-hydroxylation sites is 1. The third-order valence-electron chi connectivity index (χ3n) is 4.56. The van der Waals surface area contributed by atoms with Gasteiger partial charge < -0.3 is 19.3 Å². The summed E-state index contributed by atoms with van der Waals surface area (Å²) in [6, 6.07) is 6.60. The molecule has 27 heavy (non-hydrogen) atoms. The lowest BCUT2D eigenvalue weighted by molar-refractivity contribution is -0.161. The summed E-state index contributed by atoms with van der Waals surface area (Å²) in [4.78, 5) is 27.7. The van der Waals surface area contributed by atoms with E-state index in [0.717, 1.165) is 6.42 Å². The Kier molecular flexibility index (Phi) is 8.03. The molecule has 1 aliphatic heterocycles. The minimum absolute atomic E-state index is 0.245. The van der Waals surface area contributed by atoms with Crippen molar-refractivity contribution >= 4 is 17.6 Å². The molecule has 0 saturated carbocycles. The molecule has 1 aromatic rings. The zero-order valence-electron chi connectivity index (χ0n) is 16.3. The largest absolute Gasteiger partial charge is 0.454 e. The maximum Gasteiger partial charge on any atom is 0.335 e. The fraction of sp³-hybridized carbons (Fsp3) is 0.600. The van der Waals surface area contributed by atoms with Gasteiger partial charge in [0.2, 0.25) is 0 Å². The van der Waals surface area contributed by atoms with Crippen LogP contribution in [-0.4, -0.2) is 62.3 Å². The number of esters is 1. The first-order valence-corrected chi connectivity index (χ1v) is 9.44. The van der Waals surface area contributed by atoms with E-state index in [1.165, 1.54) is 6.07 Å². The molecule has 0 bridgehead atoms. The Morgan fingerprint density at radius 2 is 1.78 bits per heavy atom. The highest BCUT2D eigenvalue weighted by atomic mass is 19.1. The third kappa shape index (κ3) is 6.50. The molecular formula is C20H29FN2O4. The Morgan fingerprint density at radius 1 is 1.11 bits per heavy atom. The second-order valence-electron chi connectivity index (χ2n) is 7.12. The number of carbonyl (C=O) groups excluding carboxylic acids is 2. The summed E-state index contributed by atoms with van der Waals surface area (Å²) >= 11 is 0. The SMILES string of the molecule is CC(C)CCOC(C)C(=O)OCC(=O)N1CCN(c2ccccc2F)CC1. The lowest BCUT2D eigenvalue weighted by Gasteiger charge is -2.36. The Morgan fingerprint density at radius 3 is 2.41 bits per heavy atom. The summed E-state index contributed by atoms with van der Waals surface area (Å²) in [5.74, 6) is -0.543. The second-order valence-corrected chi connectivity index (χ2v) is 7.12. The maximum atomic E-state index is 13.9. The Hall–Kier alpha value is -2.15. The van der Waals surface area contributed by atoms with E-state index in [1.54, 1.807) is 30.0 Å². The number of nitrogens with zero attached hydrogens (tertiary/aromatic N) is 2. The van der Waals surface area contributed by atoms with Crippen molar-refractivity contribution in [2.24, 2.45) is 5.92 Å². The van der Waals surface area contributed by atoms with Crippen LogP contribution >= 0.6 is 0 Å². The van der Waals surface area contributed by atoms with E-state index in [2.05, 4.69) is 13.8 Å². The molecule has 1 unspecified atom stereocenters. The molecule has 150 valence electrons. The molecule has 1 saturated heterocycles. The van der Waals surface area contributed by atoms with E-state index in [1.807, 2.05) is 4.90 Å². The summed E-state index contributed by atoms with van der Waals surface area (Å²) in [6.07, 6.45) is 0.178. The van der Waals surface area contributed by atoms with Crippen LogP contribution < -0.4 is 4.90 Å². The van der Waals surface area contributed by atoms with E-state index in [-0.39, 0.29) is 18.3 Å². The van der Waals surface area contributed by atoms with Crippen molar-refractivity contribution in [2.45, 2.75) is 33.3 Å². The number of piperazine rings is 1. The molecule has 0 aliphatic carbocycles. The standard InChI is InChI=1S/C20H29FN2O4/c1-15(2)8-13-26-16(3)20(25)27-14-19(24)23-11-9-22(10-12-23)18-7-5-4-6-17(18)21/h4-7,15-16H,8-14H2,1-3H3. The van der Waals surface area contributed by atoms with Crippen LogP contribution in [0.3, 0.4) is 0 Å². The van der Waals surface area contributed by atoms with Gasteiger partial charge in [0.1, 0.15) is 5.82 Å². The summed E-state index contributed by atoms with van der Waals surface area (Å²) in [5.41, 5.74) is 0.545. The first-order chi connectivity index (χ1) is 12.9. The van der Waals surface area contributed by atoms with Crippen LogP contribution in [0, 0.1) is 11.7 Å². The highest BCUT2D eigenvalue weighted by molar-refractivity contribution is 5.82. The van der Waals surface area contributed by atoms with Gasteiger partial charge in [-0.3, -0.25) is 4.79 Å². The van der Waals surface area contributed by atoms with Crippen molar-refractivity contribution in [2.75, 3.05) is 44.3 Å². The molecule has 1 atom stereocenters. The van der Waals surface area contributed by atoms with Crippen molar-refractivity contribution in [1.29, 1.82) is 0 Å². The number of carbonyl (C=O) groups is 2. The van der Waals surface area contributed by atoms with Crippen LogP contribution in [0.1, 0.15) is 27.2 Å². The van der Waals surface area contributed by atoms with Gasteiger partial charge in [-0.25, -0.2) is 9.18 Å². The molecule has 0 spiro atoms. The molecule has 0 radical (unpaired) electrons. The van der Waals surface area contributed by atoms with Gasteiger partial charge in [0.05, 0.1) is 5.69 Å². The Bertz CT molecular complexity index is 630. The summed E-state index contributed by atoms with van der Waals surface area (Å²) in [6.45, 7) is 7.98. The van der Waals surface area contributed by atoms with E-state index >= 15 is 0 Å². The minimum Gasteiger partial charge on any atom is -0.454 e. The number of hydrogen-bond acceptors (Lipinski definition) is 5. The fourth-order valence-electron chi connectivity index (χ4n) is 2.80. The maximum absolute atomic E-state index is 13.9. The number of hydrogen-bond donors (Lipinski definition) is 0. The average molecular weight is 380 g/mol. The number of ether oxygens (including phenoxy) is 2. The topological polar surface area (TPSA) is 59.1 Å². The van der Waals surface area contributed by atoms with E-state index in [0.29, 0.717) is 44.4 Å². The van der Waals surface area contributed by atoms with Gasteiger partial charge in [-0.2, -0.15) is 0 Å².